The summed E-state index contributed by atoms with van der Waals surface area (Å²) in [6.45, 7) is 6.68. The number of rotatable bonds is 4. The van der Waals surface area contributed by atoms with Crippen molar-refractivity contribution in [3.63, 3.8) is 0 Å². The fraction of sp³-hybridized carbons (Fsp3) is 0.154. The van der Waals surface area contributed by atoms with Gasteiger partial charge in [0.25, 0.3) is 0 Å². The minimum atomic E-state index is 0.995. The Labute approximate surface area is 161 Å². The van der Waals surface area contributed by atoms with Gasteiger partial charge in [-0.15, -0.1) is 0 Å². The highest BCUT2D eigenvalue weighted by Gasteiger charge is 2.17. The number of fused-ring (bicyclic) bond motifs is 1. The number of aryl methyl sites for hydroxylation is 3. The van der Waals surface area contributed by atoms with Gasteiger partial charge in [0.1, 0.15) is 0 Å². The molecule has 0 saturated heterocycles. The van der Waals surface area contributed by atoms with Gasteiger partial charge in [-0.3, -0.25) is 0 Å². The summed E-state index contributed by atoms with van der Waals surface area (Å²) in [7, 11) is 0. The summed E-state index contributed by atoms with van der Waals surface area (Å²) in [5.41, 5.74) is 10.5. The molecular weight excluding hydrogens is 326 g/mol. The van der Waals surface area contributed by atoms with Crippen molar-refractivity contribution in [2.24, 2.45) is 0 Å². The summed E-state index contributed by atoms with van der Waals surface area (Å²) in [5, 5.41) is 0. The fourth-order valence-electron chi connectivity index (χ4n) is 3.98. The van der Waals surface area contributed by atoms with Crippen molar-refractivity contribution in [1.82, 2.24) is 4.40 Å². The molecule has 0 N–H and O–H groups in total. The number of aromatic nitrogens is 1. The van der Waals surface area contributed by atoms with Gasteiger partial charge >= 0.3 is 0 Å². The van der Waals surface area contributed by atoms with Gasteiger partial charge in [-0.2, -0.15) is 0 Å². The monoisotopic (exact) mass is 351 g/mol. The molecule has 0 saturated carbocycles. The molecular formula is C26H25N. The van der Waals surface area contributed by atoms with Crippen LogP contribution in [-0.4, -0.2) is 4.40 Å². The van der Waals surface area contributed by atoms with E-state index in [2.05, 4.69) is 110 Å². The minimum Gasteiger partial charge on any atom is -0.313 e. The highest BCUT2D eigenvalue weighted by atomic mass is 14.9. The first kappa shape index (κ1) is 17.4. The molecule has 0 atom stereocenters. The molecule has 134 valence electrons. The zero-order valence-corrected chi connectivity index (χ0v) is 16.2. The third-order valence-corrected chi connectivity index (χ3v) is 5.20. The van der Waals surface area contributed by atoms with Gasteiger partial charge in [0.2, 0.25) is 0 Å². The smallest absolute Gasteiger partial charge is 0.0497 e. The van der Waals surface area contributed by atoms with Crippen LogP contribution in [0, 0.1) is 13.8 Å². The molecule has 0 aliphatic rings. The third-order valence-electron chi connectivity index (χ3n) is 5.20. The van der Waals surface area contributed by atoms with Crippen LogP contribution >= 0.6 is 0 Å². The molecule has 1 heteroatoms. The van der Waals surface area contributed by atoms with Gasteiger partial charge in [0, 0.05) is 22.5 Å². The van der Waals surface area contributed by atoms with Gasteiger partial charge in [0.05, 0.1) is 0 Å². The summed E-state index contributed by atoms with van der Waals surface area (Å²) in [6.07, 6.45) is 5.43. The molecule has 0 unspecified atom stereocenters. The van der Waals surface area contributed by atoms with Crippen molar-refractivity contribution in [1.29, 1.82) is 0 Å². The van der Waals surface area contributed by atoms with E-state index in [4.69, 9.17) is 0 Å². The normalized spacial score (nSPS) is 11.5. The van der Waals surface area contributed by atoms with Crippen molar-refractivity contribution in [3.05, 3.63) is 101 Å². The van der Waals surface area contributed by atoms with Crippen molar-refractivity contribution in [2.45, 2.75) is 27.2 Å². The molecule has 0 aliphatic heterocycles. The second kappa shape index (κ2) is 7.28. The van der Waals surface area contributed by atoms with E-state index in [1.54, 1.807) is 0 Å². The molecule has 0 aliphatic carbocycles. The van der Waals surface area contributed by atoms with E-state index in [0.717, 1.165) is 6.42 Å². The Morgan fingerprint density at radius 1 is 0.815 bits per heavy atom. The fourth-order valence-corrected chi connectivity index (χ4v) is 3.98. The van der Waals surface area contributed by atoms with Crippen LogP contribution in [0.1, 0.15) is 35.0 Å². The minimum absolute atomic E-state index is 0.995. The molecule has 0 amide bonds. The summed E-state index contributed by atoms with van der Waals surface area (Å²) in [4.78, 5) is 0. The summed E-state index contributed by atoms with van der Waals surface area (Å²) in [5.74, 6) is 0. The highest BCUT2D eigenvalue weighted by Crippen LogP contribution is 2.34. The first-order chi connectivity index (χ1) is 13.2. The Balaban J connectivity index is 1.97. The van der Waals surface area contributed by atoms with Gasteiger partial charge in [0.15, 0.2) is 0 Å². The Bertz CT molecular complexity index is 1100. The predicted octanol–water partition coefficient (Wildman–Crippen LogP) is 6.96. The second-order valence-electron chi connectivity index (χ2n) is 7.09. The van der Waals surface area contributed by atoms with Gasteiger partial charge in [-0.25, -0.2) is 0 Å². The van der Waals surface area contributed by atoms with E-state index in [1.165, 1.54) is 44.7 Å². The molecule has 1 nitrogen and oxygen atoms in total. The van der Waals surface area contributed by atoms with E-state index in [9.17, 15) is 0 Å². The molecule has 0 fully saturated rings. The maximum absolute atomic E-state index is 2.43. The summed E-state index contributed by atoms with van der Waals surface area (Å²) in [6, 6.07) is 25.8. The molecule has 0 spiro atoms. The molecule has 4 rings (SSSR count). The summed E-state index contributed by atoms with van der Waals surface area (Å²) >= 11 is 0. The van der Waals surface area contributed by atoms with Crippen LogP contribution in [0.2, 0.25) is 0 Å². The number of hydrogen-bond donors (Lipinski definition) is 0. The van der Waals surface area contributed by atoms with E-state index >= 15 is 0 Å². The SMILES string of the molecule is CCc1c(-c2ccccc2)c(C)c2cc(C)cc(/C=C/c3ccccc3)n12. The van der Waals surface area contributed by atoms with Crippen molar-refractivity contribution >= 4 is 17.7 Å². The van der Waals surface area contributed by atoms with E-state index in [1.807, 2.05) is 0 Å². The second-order valence-corrected chi connectivity index (χ2v) is 7.09. The average Bonchev–Trinajstić information content (AvgIpc) is 2.99. The molecule has 0 bridgehead atoms. The molecule has 2 heterocycles. The largest absolute Gasteiger partial charge is 0.313 e. The van der Waals surface area contributed by atoms with Crippen LogP contribution in [0.3, 0.4) is 0 Å². The highest BCUT2D eigenvalue weighted by molar-refractivity contribution is 5.82. The standard InChI is InChI=1S/C26H25N/c1-4-24-26(22-13-9-6-10-14-22)20(3)25-18-19(2)17-23(27(24)25)16-15-21-11-7-5-8-12-21/h5-18H,4H2,1-3H3/b16-15+. The maximum atomic E-state index is 2.43. The van der Waals surface area contributed by atoms with E-state index < -0.39 is 0 Å². The Hall–Kier alpha value is -3.06. The van der Waals surface area contributed by atoms with Crippen LogP contribution < -0.4 is 0 Å². The Morgan fingerprint density at radius 3 is 2.15 bits per heavy atom. The van der Waals surface area contributed by atoms with Crippen LogP contribution in [0.15, 0.2) is 72.8 Å². The lowest BCUT2D eigenvalue weighted by Crippen LogP contribution is -1.98. The number of benzene rings is 2. The zero-order chi connectivity index (χ0) is 18.8. The van der Waals surface area contributed by atoms with Gasteiger partial charge in [-0.05, 0) is 60.7 Å². The molecule has 27 heavy (non-hydrogen) atoms. The first-order valence-electron chi connectivity index (χ1n) is 9.62. The lowest BCUT2D eigenvalue weighted by Gasteiger charge is -2.09. The number of hydrogen-bond acceptors (Lipinski definition) is 0. The van der Waals surface area contributed by atoms with Crippen LogP contribution in [0.25, 0.3) is 28.8 Å². The zero-order valence-electron chi connectivity index (χ0n) is 16.2. The molecule has 2 aromatic heterocycles. The van der Waals surface area contributed by atoms with E-state index in [0.29, 0.717) is 0 Å². The van der Waals surface area contributed by atoms with Crippen molar-refractivity contribution in [3.8, 4) is 11.1 Å². The Morgan fingerprint density at radius 2 is 1.48 bits per heavy atom. The predicted molar refractivity (Wildman–Crippen MR) is 117 cm³/mol. The van der Waals surface area contributed by atoms with E-state index in [-0.39, 0.29) is 0 Å². The topological polar surface area (TPSA) is 4.41 Å². The quantitative estimate of drug-likeness (QED) is 0.374. The number of nitrogens with zero attached hydrogens (tertiary/aromatic N) is 1. The first-order valence-corrected chi connectivity index (χ1v) is 9.62. The molecule has 2 aromatic carbocycles. The molecule has 4 aromatic rings. The Kier molecular flexibility index (Phi) is 4.68. The van der Waals surface area contributed by atoms with Gasteiger partial charge in [-0.1, -0.05) is 73.7 Å². The van der Waals surface area contributed by atoms with Crippen LogP contribution in [-0.2, 0) is 6.42 Å². The van der Waals surface area contributed by atoms with Gasteiger partial charge < -0.3 is 4.40 Å². The number of pyridine rings is 1. The lowest BCUT2D eigenvalue weighted by atomic mass is 10.0. The van der Waals surface area contributed by atoms with Crippen LogP contribution in [0.4, 0.5) is 0 Å². The van der Waals surface area contributed by atoms with Crippen molar-refractivity contribution < 1.29 is 0 Å². The van der Waals surface area contributed by atoms with Crippen molar-refractivity contribution in [2.75, 3.05) is 0 Å². The maximum Gasteiger partial charge on any atom is 0.0497 e. The third kappa shape index (κ3) is 3.21. The molecule has 0 radical (unpaired) electrons. The average molecular weight is 351 g/mol. The lowest BCUT2D eigenvalue weighted by molar-refractivity contribution is 0.986. The summed E-state index contributed by atoms with van der Waals surface area (Å²) < 4.78 is 2.43. The van der Waals surface area contributed by atoms with Crippen LogP contribution in [0.5, 0.6) is 0 Å².